The van der Waals surface area contributed by atoms with Gasteiger partial charge in [0.15, 0.2) is 17.0 Å². The number of halogens is 3. The fourth-order valence-electron chi connectivity index (χ4n) is 2.93. The summed E-state index contributed by atoms with van der Waals surface area (Å²) in [5.41, 5.74) is 1.18. The second-order valence-electron chi connectivity index (χ2n) is 6.43. The molecule has 0 spiro atoms. The molecule has 0 unspecified atom stereocenters. The van der Waals surface area contributed by atoms with Crippen molar-refractivity contribution >= 4 is 17.0 Å². The Labute approximate surface area is 160 Å². The normalized spacial score (nSPS) is 12.1. The van der Waals surface area contributed by atoms with Gasteiger partial charge in [0, 0.05) is 0 Å². The van der Waals surface area contributed by atoms with Gasteiger partial charge in [0.2, 0.25) is 5.82 Å². The average Bonchev–Trinajstić information content (AvgIpc) is 3.08. The molecule has 0 bridgehead atoms. The van der Waals surface area contributed by atoms with Gasteiger partial charge in [-0.05, 0) is 19.4 Å². The van der Waals surface area contributed by atoms with Crippen LogP contribution in [0.2, 0.25) is 0 Å². The molecule has 0 fully saturated rings. The molecule has 0 radical (unpaired) electrons. The first-order chi connectivity index (χ1) is 13.4. The minimum absolute atomic E-state index is 0.0585. The van der Waals surface area contributed by atoms with E-state index in [9.17, 15) is 13.2 Å². The molecule has 3 aromatic rings. The molecular formula is C18H23F3N7+. The van der Waals surface area contributed by atoms with Gasteiger partial charge in [0.05, 0.1) is 32.7 Å². The number of nitrogens with zero attached hydrogens (tertiary/aromatic N) is 5. The maximum atomic E-state index is 13.3. The molecule has 150 valence electrons. The number of nitrogens with one attached hydrogen (secondary N) is 2. The Kier molecular flexibility index (Phi) is 6.08. The molecule has 2 heterocycles. The number of anilines is 1. The van der Waals surface area contributed by atoms with Gasteiger partial charge in [-0.3, -0.25) is 0 Å². The van der Waals surface area contributed by atoms with Crippen molar-refractivity contribution in [1.29, 1.82) is 0 Å². The molecule has 0 saturated carbocycles. The second-order valence-corrected chi connectivity index (χ2v) is 6.43. The zero-order valence-electron chi connectivity index (χ0n) is 15.8. The zero-order valence-corrected chi connectivity index (χ0v) is 15.8. The van der Waals surface area contributed by atoms with Gasteiger partial charge in [0.1, 0.15) is 0 Å². The Morgan fingerprint density at radius 1 is 1.07 bits per heavy atom. The summed E-state index contributed by atoms with van der Waals surface area (Å²) in [6.07, 6.45) is -4.66. The van der Waals surface area contributed by atoms with E-state index in [1.54, 1.807) is 0 Å². The van der Waals surface area contributed by atoms with Crippen LogP contribution in [0.1, 0.15) is 25.2 Å². The molecule has 0 aliphatic rings. The number of hydrogen-bond donors (Lipinski definition) is 2. The minimum Gasteiger partial charge on any atom is -0.362 e. The topological polar surface area (TPSA) is 73.0 Å². The maximum Gasteiger partial charge on any atom is 0.451 e. The lowest BCUT2D eigenvalue weighted by atomic mass is 10.2. The van der Waals surface area contributed by atoms with Crippen molar-refractivity contribution in [1.82, 2.24) is 25.0 Å². The Balaban J connectivity index is 1.93. The first-order valence-electron chi connectivity index (χ1n) is 9.22. The zero-order chi connectivity index (χ0) is 20.1. The number of hydrogen-bond acceptors (Lipinski definition) is 5. The van der Waals surface area contributed by atoms with Gasteiger partial charge < -0.3 is 10.2 Å². The number of benzene rings is 1. The fourth-order valence-corrected chi connectivity index (χ4v) is 2.93. The summed E-state index contributed by atoms with van der Waals surface area (Å²) in [7, 11) is 0. The number of aromatic nitrogens is 5. The molecular weight excluding hydrogens is 371 g/mol. The number of likely N-dealkylation sites (N-methyl/N-ethyl adjacent to an activating group) is 1. The van der Waals surface area contributed by atoms with Crippen LogP contribution in [0.4, 0.5) is 19.0 Å². The van der Waals surface area contributed by atoms with Crippen LogP contribution in [0, 0.1) is 0 Å². The van der Waals surface area contributed by atoms with E-state index < -0.39 is 12.0 Å². The van der Waals surface area contributed by atoms with Gasteiger partial charge in [-0.2, -0.15) is 13.2 Å². The summed E-state index contributed by atoms with van der Waals surface area (Å²) < 4.78 is 41.3. The average molecular weight is 394 g/mol. The van der Waals surface area contributed by atoms with Crippen molar-refractivity contribution < 1.29 is 18.1 Å². The third kappa shape index (κ3) is 4.56. The fraction of sp³-hybridized carbons (Fsp3) is 0.444. The van der Waals surface area contributed by atoms with Crippen LogP contribution >= 0.6 is 0 Å². The summed E-state index contributed by atoms with van der Waals surface area (Å²) in [5.74, 6) is -1.14. The van der Waals surface area contributed by atoms with Crippen LogP contribution in [-0.4, -0.2) is 51.1 Å². The standard InChI is InChI=1S/C18H22F3N7/c1-3-27(4-2)11-10-22-15-14-16(24-17(23-15)18(19,20)21)28(26-25-14)12-13-8-6-5-7-9-13/h5-9H,3-4,10-12H2,1-2H3,(H,22,23,24)/p+1. The molecule has 0 saturated heterocycles. The van der Waals surface area contributed by atoms with Crippen molar-refractivity contribution in [2.45, 2.75) is 26.6 Å². The first kappa shape index (κ1) is 20.0. The summed E-state index contributed by atoms with van der Waals surface area (Å²) in [6, 6.07) is 9.31. The van der Waals surface area contributed by atoms with E-state index in [4.69, 9.17) is 0 Å². The Morgan fingerprint density at radius 2 is 1.79 bits per heavy atom. The van der Waals surface area contributed by atoms with Crippen molar-refractivity contribution in [2.24, 2.45) is 0 Å². The van der Waals surface area contributed by atoms with Crippen molar-refractivity contribution in [3.05, 3.63) is 41.7 Å². The van der Waals surface area contributed by atoms with Gasteiger partial charge in [0.25, 0.3) is 0 Å². The molecule has 2 N–H and O–H groups in total. The van der Waals surface area contributed by atoms with Crippen molar-refractivity contribution in [3.63, 3.8) is 0 Å². The van der Waals surface area contributed by atoms with Crippen LogP contribution in [0.3, 0.4) is 0 Å². The predicted molar refractivity (Wildman–Crippen MR) is 99.1 cm³/mol. The van der Waals surface area contributed by atoms with Crippen LogP contribution in [0.5, 0.6) is 0 Å². The lowest BCUT2D eigenvalue weighted by molar-refractivity contribution is -0.894. The Hall–Kier alpha value is -2.75. The van der Waals surface area contributed by atoms with Gasteiger partial charge in [-0.1, -0.05) is 35.5 Å². The third-order valence-corrected chi connectivity index (χ3v) is 4.56. The highest BCUT2D eigenvalue weighted by atomic mass is 19.4. The summed E-state index contributed by atoms with van der Waals surface area (Å²) in [4.78, 5) is 8.70. The molecule has 0 aliphatic heterocycles. The van der Waals surface area contributed by atoms with Crippen LogP contribution in [0.25, 0.3) is 11.2 Å². The first-order valence-corrected chi connectivity index (χ1v) is 9.22. The van der Waals surface area contributed by atoms with Crippen molar-refractivity contribution in [3.8, 4) is 0 Å². The predicted octanol–water partition coefficient (Wildman–Crippen LogP) is 1.62. The van der Waals surface area contributed by atoms with Gasteiger partial charge >= 0.3 is 6.18 Å². The molecule has 0 aliphatic carbocycles. The largest absolute Gasteiger partial charge is 0.451 e. The molecule has 1 aromatic carbocycles. The van der Waals surface area contributed by atoms with E-state index in [-0.39, 0.29) is 23.5 Å². The Bertz CT molecular complexity index is 905. The molecule has 3 rings (SSSR count). The molecule has 28 heavy (non-hydrogen) atoms. The minimum atomic E-state index is -4.66. The van der Waals surface area contributed by atoms with E-state index in [0.29, 0.717) is 6.54 Å². The third-order valence-electron chi connectivity index (χ3n) is 4.56. The highest BCUT2D eigenvalue weighted by molar-refractivity contribution is 5.82. The number of rotatable bonds is 8. The van der Waals surface area contributed by atoms with Crippen LogP contribution < -0.4 is 10.2 Å². The molecule has 0 atom stereocenters. The number of quaternary nitrogens is 1. The summed E-state index contributed by atoms with van der Waals surface area (Å²) in [6.45, 7) is 7.53. The highest BCUT2D eigenvalue weighted by Gasteiger charge is 2.36. The number of alkyl halides is 3. The van der Waals surface area contributed by atoms with E-state index in [2.05, 4.69) is 39.4 Å². The van der Waals surface area contributed by atoms with Crippen molar-refractivity contribution in [2.75, 3.05) is 31.5 Å². The molecule has 7 nitrogen and oxygen atoms in total. The maximum absolute atomic E-state index is 13.3. The monoisotopic (exact) mass is 394 g/mol. The van der Waals surface area contributed by atoms with Gasteiger partial charge in [-0.15, -0.1) is 5.10 Å². The Morgan fingerprint density at radius 3 is 2.43 bits per heavy atom. The second kappa shape index (κ2) is 8.51. The van der Waals surface area contributed by atoms with E-state index >= 15 is 0 Å². The van der Waals surface area contributed by atoms with E-state index in [1.165, 1.54) is 9.58 Å². The molecule has 0 amide bonds. The molecule has 10 heteroatoms. The van der Waals surface area contributed by atoms with E-state index in [1.807, 2.05) is 30.3 Å². The highest BCUT2D eigenvalue weighted by Crippen LogP contribution is 2.29. The van der Waals surface area contributed by atoms with Crippen LogP contribution in [0.15, 0.2) is 30.3 Å². The van der Waals surface area contributed by atoms with E-state index in [0.717, 1.165) is 25.2 Å². The summed E-state index contributed by atoms with van der Waals surface area (Å²) >= 11 is 0. The number of fused-ring (bicyclic) bond motifs is 1. The SMILES string of the molecule is CC[NH+](CC)CCNc1nc(C(F)(F)F)nc2c1nnn2Cc1ccccc1. The lowest BCUT2D eigenvalue weighted by Crippen LogP contribution is -3.12. The van der Waals surface area contributed by atoms with Gasteiger partial charge in [-0.25, -0.2) is 14.6 Å². The quantitative estimate of drug-likeness (QED) is 0.608. The molecule has 2 aromatic heterocycles. The lowest BCUT2D eigenvalue weighted by Gasteiger charge is -2.16. The smallest absolute Gasteiger partial charge is 0.362 e. The van der Waals surface area contributed by atoms with Crippen LogP contribution in [-0.2, 0) is 12.7 Å². The summed E-state index contributed by atoms with van der Waals surface area (Å²) in [5, 5.41) is 11.0.